The first-order valence-corrected chi connectivity index (χ1v) is 12.3. The van der Waals surface area contributed by atoms with E-state index in [9.17, 15) is 9.59 Å². The average Bonchev–Trinajstić information content (AvgIpc) is 3.12. The van der Waals surface area contributed by atoms with Crippen LogP contribution in [0, 0.1) is 33.5 Å². The van der Waals surface area contributed by atoms with Gasteiger partial charge in [0.05, 0.1) is 14.1 Å². The van der Waals surface area contributed by atoms with Gasteiger partial charge in [0.1, 0.15) is 12.2 Å². The lowest BCUT2D eigenvalue weighted by molar-refractivity contribution is -0.875. The van der Waals surface area contributed by atoms with Crippen LogP contribution in [0.4, 0.5) is 0 Å². The van der Waals surface area contributed by atoms with E-state index in [0.717, 1.165) is 25.7 Å². The van der Waals surface area contributed by atoms with E-state index in [-0.39, 0.29) is 63.4 Å². The van der Waals surface area contributed by atoms with Crippen molar-refractivity contribution in [2.24, 2.45) is 33.5 Å². The van der Waals surface area contributed by atoms with Crippen LogP contribution >= 0.6 is 0 Å². The molecule has 31 heavy (non-hydrogen) atoms. The van der Waals surface area contributed by atoms with Gasteiger partial charge in [-0.25, -0.2) is 9.59 Å². The molecule has 0 unspecified atom stereocenters. The van der Waals surface area contributed by atoms with Crippen LogP contribution in [0.1, 0.15) is 80.1 Å². The highest BCUT2D eigenvalue weighted by Crippen LogP contribution is 2.67. The van der Waals surface area contributed by atoms with Gasteiger partial charge in [0, 0.05) is 10.8 Å². The van der Waals surface area contributed by atoms with Gasteiger partial charge in [0.2, 0.25) is 0 Å². The Morgan fingerprint density at radius 1 is 0.742 bits per heavy atom. The third kappa shape index (κ3) is 3.36. The first-order chi connectivity index (χ1) is 14.1. The summed E-state index contributed by atoms with van der Waals surface area (Å²) in [5.74, 6) is 0.890. The van der Waals surface area contributed by atoms with Crippen LogP contribution < -0.4 is 0 Å². The van der Waals surface area contributed by atoms with Crippen molar-refractivity contribution in [3.8, 4) is 0 Å². The minimum Gasteiger partial charge on any atom is -0.458 e. The lowest BCUT2D eigenvalue weighted by atomic mass is 9.70. The Balaban J connectivity index is 1.30. The molecule has 0 aromatic rings. The minimum absolute atomic E-state index is 0.00285. The summed E-state index contributed by atoms with van der Waals surface area (Å²) >= 11 is 0. The fraction of sp³-hybridized carbons (Fsp3) is 0.923. The third-order valence-electron chi connectivity index (χ3n) is 11.1. The molecule has 0 radical (unpaired) electrons. The van der Waals surface area contributed by atoms with Crippen LogP contribution in [0.15, 0.2) is 0 Å². The Bertz CT molecular complexity index is 709. The molecule has 176 valence electrons. The van der Waals surface area contributed by atoms with E-state index < -0.39 is 0 Å². The Hall–Kier alpha value is -1.10. The summed E-state index contributed by atoms with van der Waals surface area (Å²) in [6.07, 6.45) is 6.68. The summed E-state index contributed by atoms with van der Waals surface area (Å²) in [7, 11) is 3.84. The molecule has 4 aliphatic rings. The zero-order valence-electron chi connectivity index (χ0n) is 21.0. The number of carbonyl (C=O) groups is 2. The van der Waals surface area contributed by atoms with Gasteiger partial charge >= 0.3 is 11.9 Å². The SMILES string of the molecule is CC1(C)[C@@H]2CC[C@@]1(C)[C@@H](OC(=O)C[N+](C)(C)CC(=O)O[C@@H]1C[C@@H]3CC[C@@]1(C)C3(C)C)C2. The molecule has 0 spiro atoms. The molecule has 4 aliphatic carbocycles. The normalized spacial score (nSPS) is 42.1. The molecular weight excluding hydrogens is 390 g/mol. The first kappa shape index (κ1) is 23.1. The van der Waals surface area contributed by atoms with Gasteiger partial charge in [0.25, 0.3) is 0 Å². The van der Waals surface area contributed by atoms with E-state index in [2.05, 4.69) is 41.5 Å². The second-order valence-corrected chi connectivity index (χ2v) is 13.4. The number of nitrogens with zero attached hydrogens (tertiary/aromatic N) is 1. The summed E-state index contributed by atoms with van der Waals surface area (Å²) in [5.41, 5.74) is 0.564. The largest absolute Gasteiger partial charge is 0.458 e. The Kier molecular flexibility index (Phi) is 5.17. The highest BCUT2D eigenvalue weighted by Gasteiger charge is 2.64. The van der Waals surface area contributed by atoms with Crippen molar-refractivity contribution in [3.05, 3.63) is 0 Å². The third-order valence-corrected chi connectivity index (χ3v) is 11.1. The van der Waals surface area contributed by atoms with Crippen LogP contribution in [0.2, 0.25) is 0 Å². The Morgan fingerprint density at radius 3 is 1.35 bits per heavy atom. The number of quaternary nitrogens is 1. The number of fused-ring (bicyclic) bond motifs is 4. The summed E-state index contributed by atoms with van der Waals surface area (Å²) < 4.78 is 12.3. The molecule has 0 saturated heterocycles. The van der Waals surface area contributed by atoms with Gasteiger partial charge in [-0.3, -0.25) is 0 Å². The van der Waals surface area contributed by atoms with Crippen molar-refractivity contribution >= 4 is 11.9 Å². The predicted octanol–water partition coefficient (Wildman–Crippen LogP) is 4.58. The van der Waals surface area contributed by atoms with E-state index in [4.69, 9.17) is 9.47 Å². The molecule has 0 aliphatic heterocycles. The van der Waals surface area contributed by atoms with Crippen molar-refractivity contribution in [2.45, 2.75) is 92.3 Å². The van der Waals surface area contributed by atoms with E-state index in [1.165, 1.54) is 12.8 Å². The monoisotopic (exact) mass is 434 g/mol. The van der Waals surface area contributed by atoms with E-state index >= 15 is 0 Å². The van der Waals surface area contributed by atoms with E-state index in [0.29, 0.717) is 11.8 Å². The van der Waals surface area contributed by atoms with Gasteiger partial charge in [0.15, 0.2) is 13.1 Å². The van der Waals surface area contributed by atoms with Crippen LogP contribution in [0.5, 0.6) is 0 Å². The van der Waals surface area contributed by atoms with Crippen molar-refractivity contribution in [1.82, 2.24) is 0 Å². The number of carbonyl (C=O) groups excluding carboxylic acids is 2. The molecule has 5 nitrogen and oxygen atoms in total. The quantitative estimate of drug-likeness (QED) is 0.454. The highest BCUT2D eigenvalue weighted by atomic mass is 16.6. The molecule has 4 rings (SSSR count). The highest BCUT2D eigenvalue weighted by molar-refractivity contribution is 5.73. The number of ether oxygens (including phenoxy) is 2. The molecule has 0 amide bonds. The maximum absolute atomic E-state index is 12.8. The second kappa shape index (κ2) is 6.95. The van der Waals surface area contributed by atoms with Gasteiger partial charge < -0.3 is 14.0 Å². The standard InChI is InChI=1S/C26H44NO4/c1-23(2)17-9-11-25(23,5)19(13-17)30-21(28)15-27(7,8)16-22(29)31-20-14-18-10-12-26(20,6)24(18,3)4/h17-20H,9-16H2,1-8H3/q+1/t17-,18+,19+,20-,25+,26-. The summed E-state index contributed by atoms with van der Waals surface area (Å²) in [6.45, 7) is 14.3. The van der Waals surface area contributed by atoms with Crippen LogP contribution in [-0.4, -0.2) is 55.8 Å². The molecule has 0 N–H and O–H groups in total. The fourth-order valence-corrected chi connectivity index (χ4v) is 7.76. The smallest absolute Gasteiger partial charge is 0.362 e. The maximum atomic E-state index is 12.8. The van der Waals surface area contributed by atoms with Gasteiger partial charge in [-0.1, -0.05) is 41.5 Å². The molecule has 0 heterocycles. The van der Waals surface area contributed by atoms with Gasteiger partial charge in [-0.15, -0.1) is 0 Å². The summed E-state index contributed by atoms with van der Waals surface area (Å²) in [5, 5.41) is 0. The van der Waals surface area contributed by atoms with Crippen LogP contribution in [0.3, 0.4) is 0 Å². The number of rotatable bonds is 6. The van der Waals surface area contributed by atoms with Crippen LogP contribution in [0.25, 0.3) is 0 Å². The number of hydrogen-bond acceptors (Lipinski definition) is 4. The summed E-state index contributed by atoms with van der Waals surface area (Å²) in [4.78, 5) is 25.6. The molecular formula is C26H44NO4+. The van der Waals surface area contributed by atoms with Crippen molar-refractivity contribution in [1.29, 1.82) is 0 Å². The Labute approximate surface area is 188 Å². The molecule has 5 heteroatoms. The number of hydrogen-bond donors (Lipinski definition) is 0. The molecule has 0 aromatic heterocycles. The average molecular weight is 435 g/mol. The van der Waals surface area contributed by atoms with E-state index in [1.807, 2.05) is 14.1 Å². The zero-order valence-corrected chi connectivity index (χ0v) is 21.0. The van der Waals surface area contributed by atoms with Gasteiger partial charge in [-0.2, -0.15) is 0 Å². The van der Waals surface area contributed by atoms with Crippen molar-refractivity contribution < 1.29 is 23.5 Å². The predicted molar refractivity (Wildman–Crippen MR) is 120 cm³/mol. The summed E-state index contributed by atoms with van der Waals surface area (Å²) in [6, 6.07) is 0. The molecule has 0 aromatic carbocycles. The zero-order chi connectivity index (χ0) is 23.0. The van der Waals surface area contributed by atoms with Crippen molar-refractivity contribution in [2.75, 3.05) is 27.2 Å². The Morgan fingerprint density at radius 2 is 1.10 bits per heavy atom. The minimum atomic E-state index is -0.194. The topological polar surface area (TPSA) is 52.6 Å². The van der Waals surface area contributed by atoms with Crippen LogP contribution in [-0.2, 0) is 19.1 Å². The first-order valence-electron chi connectivity index (χ1n) is 12.3. The second-order valence-electron chi connectivity index (χ2n) is 13.4. The molecule has 6 atom stereocenters. The maximum Gasteiger partial charge on any atom is 0.362 e. The van der Waals surface area contributed by atoms with E-state index in [1.54, 1.807) is 0 Å². The van der Waals surface area contributed by atoms with Gasteiger partial charge in [-0.05, 0) is 61.2 Å². The molecule has 4 saturated carbocycles. The number of esters is 2. The lowest BCUT2D eigenvalue weighted by Gasteiger charge is -2.39. The number of likely N-dealkylation sites (N-methyl/N-ethyl adjacent to an activating group) is 1. The lowest BCUT2D eigenvalue weighted by Crippen LogP contribution is -2.50. The fourth-order valence-electron chi connectivity index (χ4n) is 7.76. The van der Waals surface area contributed by atoms with Crippen molar-refractivity contribution in [3.63, 3.8) is 0 Å². The molecule has 4 bridgehead atoms. The molecule has 4 fully saturated rings.